The summed E-state index contributed by atoms with van der Waals surface area (Å²) in [4.78, 5) is 26.6. The van der Waals surface area contributed by atoms with Gasteiger partial charge in [0.15, 0.2) is 0 Å². The van der Waals surface area contributed by atoms with Crippen molar-refractivity contribution < 1.29 is 19.8 Å². The molecule has 6 nitrogen and oxygen atoms in total. The maximum Gasteiger partial charge on any atom is 0.316 e. The Labute approximate surface area is 165 Å². The first kappa shape index (κ1) is 22.8. The first-order chi connectivity index (χ1) is 12.3. The molecule has 2 amide bonds. The number of carbonyl (C=O) groups excluding carboxylic acids is 2. The molecule has 0 aliphatic heterocycles. The third kappa shape index (κ3) is 5.16. The fourth-order valence-corrected chi connectivity index (χ4v) is 3.13. The van der Waals surface area contributed by atoms with Gasteiger partial charge in [-0.2, -0.15) is 0 Å². The van der Waals surface area contributed by atoms with E-state index >= 15 is 0 Å². The minimum atomic E-state index is -0.757. The fraction of sp³-hybridized carbons (Fsp3) is 0.500. The molecule has 0 aliphatic rings. The number of rotatable bonds is 7. The number of phenols is 2. The Balaban J connectivity index is 2.95. The van der Waals surface area contributed by atoms with Crippen molar-refractivity contribution >= 4 is 36.0 Å². The molecule has 27 heavy (non-hydrogen) atoms. The monoisotopic (exact) mass is 396 g/mol. The SMILES string of the molecule is C=c1c(C)c(O)c(=C)c(C(C)(C)CC(=O)N(C)CCCN(C)C(=O)Cl)c1O. The molecule has 0 bridgehead atoms. The molecule has 0 saturated heterocycles. The molecule has 0 saturated carbocycles. The molecule has 0 unspecified atom stereocenters. The van der Waals surface area contributed by atoms with Gasteiger partial charge in [-0.25, -0.2) is 0 Å². The first-order valence-corrected chi connectivity index (χ1v) is 9.06. The molecule has 1 aromatic rings. The van der Waals surface area contributed by atoms with Crippen LogP contribution in [0.1, 0.15) is 37.8 Å². The lowest BCUT2D eigenvalue weighted by atomic mass is 9.78. The van der Waals surface area contributed by atoms with Crippen molar-refractivity contribution in [3.8, 4) is 11.5 Å². The highest BCUT2D eigenvalue weighted by Crippen LogP contribution is 2.31. The lowest BCUT2D eigenvalue weighted by Crippen LogP contribution is -2.37. The highest BCUT2D eigenvalue weighted by Gasteiger charge is 2.31. The van der Waals surface area contributed by atoms with E-state index in [9.17, 15) is 19.8 Å². The second-order valence-electron chi connectivity index (χ2n) is 7.56. The standard InChI is InChI=1S/C20H29ClN2O4/c1-12-13(2)18(26)16(14(3)17(12)25)20(4,5)11-15(24)22(6)9-8-10-23(7)19(21)27/h25-26H,2-3,8-11H2,1,4-7H3. The van der Waals surface area contributed by atoms with Crippen LogP contribution in [0.15, 0.2) is 0 Å². The maximum absolute atomic E-state index is 12.6. The van der Waals surface area contributed by atoms with Crippen molar-refractivity contribution in [3.05, 3.63) is 21.6 Å². The van der Waals surface area contributed by atoms with Gasteiger partial charge in [0.05, 0.1) is 0 Å². The Morgan fingerprint density at radius 1 is 1.04 bits per heavy atom. The highest BCUT2D eigenvalue weighted by atomic mass is 35.5. The van der Waals surface area contributed by atoms with E-state index in [4.69, 9.17) is 11.6 Å². The first-order valence-electron chi connectivity index (χ1n) is 8.68. The predicted octanol–water partition coefficient (Wildman–Crippen LogP) is 2.03. The van der Waals surface area contributed by atoms with E-state index in [0.29, 0.717) is 41.1 Å². The van der Waals surface area contributed by atoms with Crippen LogP contribution in [0.3, 0.4) is 0 Å². The zero-order chi connectivity index (χ0) is 21.1. The number of hydrogen-bond acceptors (Lipinski definition) is 4. The van der Waals surface area contributed by atoms with Crippen LogP contribution in [0.5, 0.6) is 11.5 Å². The van der Waals surface area contributed by atoms with Crippen LogP contribution in [0.4, 0.5) is 4.79 Å². The minimum absolute atomic E-state index is 0.0181. The van der Waals surface area contributed by atoms with Crippen LogP contribution in [-0.2, 0) is 10.2 Å². The van der Waals surface area contributed by atoms with Gasteiger partial charge < -0.3 is 20.0 Å². The third-order valence-electron chi connectivity index (χ3n) is 4.90. The number of hydrogen-bond donors (Lipinski definition) is 2. The van der Waals surface area contributed by atoms with Gasteiger partial charge in [-0.05, 0) is 24.9 Å². The van der Waals surface area contributed by atoms with Gasteiger partial charge in [-0.3, -0.25) is 9.59 Å². The Kier molecular flexibility index (Phi) is 7.32. The van der Waals surface area contributed by atoms with Crippen molar-refractivity contribution in [2.24, 2.45) is 0 Å². The minimum Gasteiger partial charge on any atom is -0.507 e. The van der Waals surface area contributed by atoms with Gasteiger partial charge in [-0.15, -0.1) is 0 Å². The summed E-state index contributed by atoms with van der Waals surface area (Å²) >= 11 is 5.38. The van der Waals surface area contributed by atoms with E-state index in [1.54, 1.807) is 25.9 Å². The number of aromatic hydroxyl groups is 2. The van der Waals surface area contributed by atoms with Crippen molar-refractivity contribution in [1.82, 2.24) is 9.80 Å². The molecular weight excluding hydrogens is 368 g/mol. The predicted molar refractivity (Wildman–Crippen MR) is 109 cm³/mol. The number of nitrogens with zero attached hydrogens (tertiary/aromatic N) is 2. The average molecular weight is 397 g/mol. The van der Waals surface area contributed by atoms with Crippen LogP contribution < -0.4 is 10.4 Å². The molecule has 0 fully saturated rings. The summed E-state index contributed by atoms with van der Waals surface area (Å²) in [5, 5.41) is 20.9. The molecule has 0 heterocycles. The van der Waals surface area contributed by atoms with Gasteiger partial charge in [0.25, 0.3) is 0 Å². The molecule has 0 atom stereocenters. The quantitative estimate of drug-likeness (QED) is 0.420. The van der Waals surface area contributed by atoms with Gasteiger partial charge in [0.1, 0.15) is 11.5 Å². The largest absolute Gasteiger partial charge is 0.507 e. The second-order valence-corrected chi connectivity index (χ2v) is 7.88. The van der Waals surface area contributed by atoms with E-state index in [1.165, 1.54) is 4.90 Å². The molecule has 150 valence electrons. The second kappa shape index (κ2) is 8.65. The van der Waals surface area contributed by atoms with Crippen molar-refractivity contribution in [2.75, 3.05) is 27.2 Å². The molecule has 1 aromatic carbocycles. The van der Waals surface area contributed by atoms with Gasteiger partial charge in [-0.1, -0.05) is 27.0 Å². The van der Waals surface area contributed by atoms with Crippen molar-refractivity contribution in [3.63, 3.8) is 0 Å². The summed E-state index contributed by atoms with van der Waals surface area (Å²) in [7, 11) is 3.28. The lowest BCUT2D eigenvalue weighted by Gasteiger charge is -2.29. The molecule has 0 aliphatic carbocycles. The van der Waals surface area contributed by atoms with Crippen LogP contribution in [0.25, 0.3) is 13.2 Å². The number of halogens is 1. The number of phenolic OH excluding ortho intramolecular Hbond substituents is 2. The van der Waals surface area contributed by atoms with Crippen molar-refractivity contribution in [1.29, 1.82) is 0 Å². The van der Waals surface area contributed by atoms with E-state index < -0.39 is 10.8 Å². The molecule has 0 radical (unpaired) electrons. The van der Waals surface area contributed by atoms with Crippen molar-refractivity contribution in [2.45, 2.75) is 39.0 Å². The van der Waals surface area contributed by atoms with E-state index in [-0.39, 0.29) is 23.8 Å². The third-order valence-corrected chi connectivity index (χ3v) is 5.19. The van der Waals surface area contributed by atoms with Crippen LogP contribution in [0, 0.1) is 6.92 Å². The summed E-state index contributed by atoms with van der Waals surface area (Å²) < 4.78 is 0. The van der Waals surface area contributed by atoms with E-state index in [2.05, 4.69) is 13.2 Å². The zero-order valence-corrected chi connectivity index (χ0v) is 17.5. The van der Waals surface area contributed by atoms with Gasteiger partial charge in [0, 0.05) is 60.6 Å². The molecule has 1 rings (SSSR count). The maximum atomic E-state index is 12.6. The summed E-state index contributed by atoms with van der Waals surface area (Å²) in [6, 6.07) is 0. The fourth-order valence-electron chi connectivity index (χ4n) is 3.05. The zero-order valence-electron chi connectivity index (χ0n) is 16.7. The van der Waals surface area contributed by atoms with Gasteiger partial charge >= 0.3 is 5.37 Å². The Hall–Kier alpha value is -2.21. The van der Waals surface area contributed by atoms with Crippen LogP contribution >= 0.6 is 11.6 Å². The Bertz CT molecular complexity index is 836. The summed E-state index contributed by atoms with van der Waals surface area (Å²) in [5.74, 6) is -0.183. The Morgan fingerprint density at radius 2 is 1.56 bits per heavy atom. The molecule has 0 aromatic heterocycles. The summed E-state index contributed by atoms with van der Waals surface area (Å²) in [6.45, 7) is 13.9. The average Bonchev–Trinajstić information content (AvgIpc) is 2.57. The molecule has 7 heteroatoms. The smallest absolute Gasteiger partial charge is 0.316 e. The molecular formula is C20H29ClN2O4. The topological polar surface area (TPSA) is 81.1 Å². The number of benzene rings is 1. The normalized spacial score (nSPS) is 11.3. The lowest BCUT2D eigenvalue weighted by molar-refractivity contribution is -0.131. The Morgan fingerprint density at radius 3 is 2.07 bits per heavy atom. The number of carbonyl (C=O) groups is 2. The van der Waals surface area contributed by atoms with E-state index in [1.807, 2.05) is 13.8 Å². The highest BCUT2D eigenvalue weighted by molar-refractivity contribution is 6.62. The van der Waals surface area contributed by atoms with Crippen LogP contribution in [-0.4, -0.2) is 58.5 Å². The molecule has 2 N–H and O–H groups in total. The van der Waals surface area contributed by atoms with Crippen LogP contribution in [0.2, 0.25) is 0 Å². The van der Waals surface area contributed by atoms with Gasteiger partial charge in [0.2, 0.25) is 5.91 Å². The number of amides is 2. The molecule has 0 spiro atoms. The summed E-state index contributed by atoms with van der Waals surface area (Å²) in [6.07, 6.45) is 0.712. The summed E-state index contributed by atoms with van der Waals surface area (Å²) in [5.41, 5.74) is 0.135. The van der Waals surface area contributed by atoms with E-state index in [0.717, 1.165) is 0 Å².